The first-order chi connectivity index (χ1) is 12.1. The fourth-order valence-electron chi connectivity index (χ4n) is 1.94. The van der Waals surface area contributed by atoms with Crippen LogP contribution < -0.4 is 16.5 Å². The maximum Gasteiger partial charge on any atom is 0.271 e. The standard InChI is InChI=1S/C17H14ClN5OS/c18-15-14(25-17(22-15)21-13-4-2-1-3-5-13)10-20-23-16(24)11-6-8-12(19)9-7-11/h1-10H,19H2,(H,21,22)(H,23,24)/b20-10+. The molecule has 25 heavy (non-hydrogen) atoms. The van der Waals surface area contributed by atoms with E-state index in [0.717, 1.165) is 5.69 Å². The first kappa shape index (κ1) is 16.9. The van der Waals surface area contributed by atoms with Crippen molar-refractivity contribution in [2.24, 2.45) is 5.10 Å². The number of halogens is 1. The van der Waals surface area contributed by atoms with E-state index >= 15 is 0 Å². The number of benzene rings is 2. The number of hydrazone groups is 1. The van der Waals surface area contributed by atoms with E-state index < -0.39 is 0 Å². The van der Waals surface area contributed by atoms with E-state index in [0.29, 0.717) is 26.4 Å². The molecule has 1 heterocycles. The van der Waals surface area contributed by atoms with Crippen LogP contribution in [0.2, 0.25) is 5.15 Å². The minimum absolute atomic E-state index is 0.314. The molecule has 1 amide bonds. The van der Waals surface area contributed by atoms with Crippen LogP contribution in [0, 0.1) is 0 Å². The topological polar surface area (TPSA) is 92.4 Å². The number of hydrogen-bond donors (Lipinski definition) is 3. The van der Waals surface area contributed by atoms with Gasteiger partial charge in [0.1, 0.15) is 0 Å². The van der Waals surface area contributed by atoms with Crippen molar-refractivity contribution in [3.8, 4) is 0 Å². The fraction of sp³-hybridized carbons (Fsp3) is 0. The molecule has 0 saturated heterocycles. The zero-order valence-electron chi connectivity index (χ0n) is 12.9. The van der Waals surface area contributed by atoms with Crippen LogP contribution in [0.25, 0.3) is 0 Å². The summed E-state index contributed by atoms with van der Waals surface area (Å²) < 4.78 is 0. The van der Waals surface area contributed by atoms with Crippen molar-refractivity contribution in [2.75, 3.05) is 11.1 Å². The van der Waals surface area contributed by atoms with Crippen LogP contribution in [-0.4, -0.2) is 17.1 Å². The number of nitrogen functional groups attached to an aromatic ring is 1. The van der Waals surface area contributed by atoms with Gasteiger partial charge in [-0.3, -0.25) is 4.79 Å². The van der Waals surface area contributed by atoms with Crippen molar-refractivity contribution >= 4 is 51.6 Å². The number of nitrogens with one attached hydrogen (secondary N) is 2. The third-order valence-electron chi connectivity index (χ3n) is 3.16. The molecule has 0 aliphatic heterocycles. The highest BCUT2D eigenvalue weighted by atomic mass is 35.5. The molecule has 4 N–H and O–H groups in total. The maximum absolute atomic E-state index is 12.0. The Kier molecular flexibility index (Phi) is 5.27. The lowest BCUT2D eigenvalue weighted by Crippen LogP contribution is -2.17. The molecule has 0 aliphatic rings. The molecular formula is C17H14ClN5OS. The first-order valence-electron chi connectivity index (χ1n) is 7.29. The summed E-state index contributed by atoms with van der Waals surface area (Å²) in [4.78, 5) is 16.8. The highest BCUT2D eigenvalue weighted by Gasteiger charge is 2.08. The molecule has 8 heteroatoms. The van der Waals surface area contributed by atoms with Gasteiger partial charge in [-0.2, -0.15) is 5.10 Å². The number of thiazole rings is 1. The van der Waals surface area contributed by atoms with E-state index in [9.17, 15) is 4.79 Å². The van der Waals surface area contributed by atoms with Crippen molar-refractivity contribution in [2.45, 2.75) is 0 Å². The molecule has 0 aliphatic carbocycles. The molecule has 3 aromatic rings. The summed E-state index contributed by atoms with van der Waals surface area (Å²) in [6.45, 7) is 0. The Balaban J connectivity index is 1.63. The van der Waals surface area contributed by atoms with Crippen LogP contribution in [0.3, 0.4) is 0 Å². The molecule has 0 radical (unpaired) electrons. The Labute approximate surface area is 153 Å². The van der Waals surface area contributed by atoms with E-state index in [1.165, 1.54) is 17.6 Å². The van der Waals surface area contributed by atoms with Gasteiger partial charge in [0.2, 0.25) is 0 Å². The number of rotatable bonds is 5. The summed E-state index contributed by atoms with van der Waals surface area (Å²) in [5.41, 5.74) is 10.0. The molecule has 0 saturated carbocycles. The first-order valence-corrected chi connectivity index (χ1v) is 8.48. The summed E-state index contributed by atoms with van der Waals surface area (Å²) in [6.07, 6.45) is 1.46. The maximum atomic E-state index is 12.0. The largest absolute Gasteiger partial charge is 0.399 e. The number of aromatic nitrogens is 1. The summed E-state index contributed by atoms with van der Waals surface area (Å²) >= 11 is 7.43. The van der Waals surface area contributed by atoms with Crippen LogP contribution in [0.1, 0.15) is 15.2 Å². The second kappa shape index (κ2) is 7.78. The highest BCUT2D eigenvalue weighted by Crippen LogP contribution is 2.27. The minimum Gasteiger partial charge on any atom is -0.399 e. The molecule has 126 valence electrons. The third kappa shape index (κ3) is 4.56. The van der Waals surface area contributed by atoms with E-state index in [1.54, 1.807) is 24.3 Å². The summed E-state index contributed by atoms with van der Waals surface area (Å²) in [7, 11) is 0. The van der Waals surface area contributed by atoms with Crippen molar-refractivity contribution in [3.63, 3.8) is 0 Å². The third-order valence-corrected chi connectivity index (χ3v) is 4.46. The zero-order chi connectivity index (χ0) is 17.6. The number of carbonyl (C=O) groups excluding carboxylic acids is 1. The molecule has 0 unspecified atom stereocenters. The molecule has 1 aromatic heterocycles. The number of amides is 1. The van der Waals surface area contributed by atoms with E-state index in [-0.39, 0.29) is 5.91 Å². The van der Waals surface area contributed by atoms with Crippen LogP contribution in [0.4, 0.5) is 16.5 Å². The summed E-state index contributed by atoms with van der Waals surface area (Å²) in [5.74, 6) is -0.334. The molecule has 6 nitrogen and oxygen atoms in total. The van der Waals surface area contributed by atoms with Gasteiger partial charge in [0.15, 0.2) is 10.3 Å². The van der Waals surface area contributed by atoms with Gasteiger partial charge in [-0.15, -0.1) is 0 Å². The normalized spacial score (nSPS) is 10.8. The number of nitrogens with two attached hydrogens (primary N) is 1. The van der Waals surface area contributed by atoms with Crippen molar-refractivity contribution in [1.29, 1.82) is 0 Å². The number of hydrogen-bond acceptors (Lipinski definition) is 6. The minimum atomic E-state index is -0.334. The molecule has 3 rings (SSSR count). The van der Waals surface area contributed by atoms with Gasteiger partial charge in [0.05, 0.1) is 11.1 Å². The lowest BCUT2D eigenvalue weighted by atomic mass is 10.2. The van der Waals surface area contributed by atoms with Gasteiger partial charge in [-0.1, -0.05) is 41.1 Å². The average molecular weight is 372 g/mol. The second-order valence-electron chi connectivity index (χ2n) is 4.99. The Hall–Kier alpha value is -2.90. The molecule has 2 aromatic carbocycles. The number of nitrogens with zero attached hydrogens (tertiary/aromatic N) is 2. The Bertz CT molecular complexity index is 893. The lowest BCUT2D eigenvalue weighted by molar-refractivity contribution is 0.0955. The molecule has 0 spiro atoms. The van der Waals surface area contributed by atoms with Crippen LogP contribution in [0.15, 0.2) is 59.7 Å². The van der Waals surface area contributed by atoms with Gasteiger partial charge in [0, 0.05) is 16.9 Å². The Morgan fingerprint density at radius 3 is 2.60 bits per heavy atom. The number of anilines is 3. The second-order valence-corrected chi connectivity index (χ2v) is 6.37. The lowest BCUT2D eigenvalue weighted by Gasteiger charge is -2.00. The zero-order valence-corrected chi connectivity index (χ0v) is 14.5. The highest BCUT2D eigenvalue weighted by molar-refractivity contribution is 7.17. The summed E-state index contributed by atoms with van der Waals surface area (Å²) in [6, 6.07) is 16.2. The van der Waals surface area contributed by atoms with Gasteiger partial charge in [0.25, 0.3) is 5.91 Å². The molecule has 0 atom stereocenters. The van der Waals surface area contributed by atoms with E-state index in [2.05, 4.69) is 20.8 Å². The summed E-state index contributed by atoms with van der Waals surface area (Å²) in [5, 5.41) is 8.04. The quantitative estimate of drug-likeness (QED) is 0.360. The van der Waals surface area contributed by atoms with Gasteiger partial charge in [-0.25, -0.2) is 10.4 Å². The van der Waals surface area contributed by atoms with Gasteiger partial charge in [-0.05, 0) is 36.4 Å². The predicted molar refractivity (Wildman–Crippen MR) is 103 cm³/mol. The predicted octanol–water partition coefficient (Wildman–Crippen LogP) is 3.89. The Morgan fingerprint density at radius 1 is 1.16 bits per heavy atom. The van der Waals surface area contributed by atoms with Gasteiger partial charge < -0.3 is 11.1 Å². The van der Waals surface area contributed by atoms with Crippen LogP contribution >= 0.6 is 22.9 Å². The van der Waals surface area contributed by atoms with E-state index in [1.807, 2.05) is 30.3 Å². The van der Waals surface area contributed by atoms with Gasteiger partial charge >= 0.3 is 0 Å². The van der Waals surface area contributed by atoms with Crippen LogP contribution in [0.5, 0.6) is 0 Å². The van der Waals surface area contributed by atoms with Crippen molar-refractivity contribution in [3.05, 3.63) is 70.2 Å². The molecule has 0 bridgehead atoms. The Morgan fingerprint density at radius 2 is 1.88 bits per heavy atom. The average Bonchev–Trinajstić information content (AvgIpc) is 2.95. The van der Waals surface area contributed by atoms with E-state index in [4.69, 9.17) is 17.3 Å². The SMILES string of the molecule is Nc1ccc(C(=O)N/N=C/c2sc(Nc3ccccc3)nc2Cl)cc1. The van der Waals surface area contributed by atoms with Crippen molar-refractivity contribution < 1.29 is 4.79 Å². The number of para-hydroxylation sites is 1. The molecular weight excluding hydrogens is 358 g/mol. The molecule has 0 fully saturated rings. The van der Waals surface area contributed by atoms with Crippen molar-refractivity contribution in [1.82, 2.24) is 10.4 Å². The fourth-order valence-corrected chi connectivity index (χ4v) is 2.99. The monoisotopic (exact) mass is 371 g/mol. The smallest absolute Gasteiger partial charge is 0.271 e. The number of carbonyl (C=O) groups is 1. The van der Waals surface area contributed by atoms with Crippen LogP contribution in [-0.2, 0) is 0 Å².